The van der Waals surface area contributed by atoms with Gasteiger partial charge in [-0.2, -0.15) is 0 Å². The van der Waals surface area contributed by atoms with Crippen LogP contribution in [0.25, 0.3) is 5.70 Å². The molecule has 0 aliphatic heterocycles. The first-order valence-electron chi connectivity index (χ1n) is 14.8. The lowest BCUT2D eigenvalue weighted by molar-refractivity contribution is 0.102. The van der Waals surface area contributed by atoms with E-state index in [1.54, 1.807) is 49.8 Å². The molecule has 1 amide bonds. The highest BCUT2D eigenvalue weighted by Gasteiger charge is 2.24. The first-order valence-corrected chi connectivity index (χ1v) is 16.7. The quantitative estimate of drug-likeness (QED) is 0.106. The summed E-state index contributed by atoms with van der Waals surface area (Å²) in [7, 11) is -0.632. The molecular weight excluding hydrogens is 606 g/mol. The van der Waals surface area contributed by atoms with E-state index in [2.05, 4.69) is 32.0 Å². The number of aryl methyl sites for hydroxylation is 1. The third-order valence-corrected chi connectivity index (χ3v) is 8.10. The topological polar surface area (TPSA) is 160 Å². The zero-order chi connectivity index (χ0) is 33.8. The van der Waals surface area contributed by atoms with Crippen molar-refractivity contribution in [3.63, 3.8) is 0 Å². The Balaban J connectivity index is 1.63. The van der Waals surface area contributed by atoms with E-state index in [9.17, 15) is 13.2 Å². The Morgan fingerprint density at radius 3 is 2.41 bits per heavy atom. The summed E-state index contributed by atoms with van der Waals surface area (Å²) < 4.78 is 37.8. The van der Waals surface area contributed by atoms with Crippen LogP contribution < -0.4 is 35.7 Å². The summed E-state index contributed by atoms with van der Waals surface area (Å²) in [6.45, 7) is 12.4. The lowest BCUT2D eigenvalue weighted by atomic mass is 9.86. The minimum Gasteiger partial charge on any atom is -0.493 e. The van der Waals surface area contributed by atoms with Gasteiger partial charge in [0.25, 0.3) is 5.91 Å². The maximum absolute atomic E-state index is 13.6. The smallest absolute Gasteiger partial charge is 0.255 e. The number of ether oxygens (including phenoxy) is 2. The second-order valence-electron chi connectivity index (χ2n) is 12.4. The van der Waals surface area contributed by atoms with Crippen LogP contribution in [0.15, 0.2) is 53.8 Å². The van der Waals surface area contributed by atoms with Crippen molar-refractivity contribution in [3.8, 4) is 11.5 Å². The number of nitrogens with one attached hydrogen (secondary N) is 3. The minimum absolute atomic E-state index is 0.182. The molecule has 0 unspecified atom stereocenters. The van der Waals surface area contributed by atoms with Gasteiger partial charge >= 0.3 is 0 Å². The van der Waals surface area contributed by atoms with Gasteiger partial charge in [0.1, 0.15) is 0 Å². The number of rotatable bonds is 13. The number of benzene rings is 2. The number of aliphatic imine (C=N–C) groups is 1. The fraction of sp³-hybridized carbons (Fsp3) is 0.364. The van der Waals surface area contributed by atoms with Crippen LogP contribution in [0.5, 0.6) is 11.5 Å². The van der Waals surface area contributed by atoms with Crippen LogP contribution in [0.1, 0.15) is 60.7 Å². The average molecular weight is 650 g/mol. The second-order valence-corrected chi connectivity index (χ2v) is 14.1. The molecule has 0 radical (unpaired) electrons. The van der Waals surface area contributed by atoms with E-state index in [1.807, 2.05) is 33.8 Å². The highest BCUT2D eigenvalue weighted by atomic mass is 32.2. The number of sulfonamides is 1. The number of hydrazine groups is 1. The number of hydrogen-bond donors (Lipinski definition) is 4. The molecule has 13 heteroatoms. The molecule has 246 valence electrons. The molecule has 0 atom stereocenters. The predicted molar refractivity (Wildman–Crippen MR) is 185 cm³/mol. The van der Waals surface area contributed by atoms with Gasteiger partial charge in [0.05, 0.1) is 43.2 Å². The van der Waals surface area contributed by atoms with Crippen molar-refractivity contribution in [3.05, 3.63) is 71.0 Å². The first kappa shape index (κ1) is 34.3. The van der Waals surface area contributed by atoms with Crippen LogP contribution in [0, 0.1) is 12.8 Å². The van der Waals surface area contributed by atoms with Crippen molar-refractivity contribution >= 4 is 51.2 Å². The summed E-state index contributed by atoms with van der Waals surface area (Å²) >= 11 is 0. The molecule has 12 nitrogen and oxygen atoms in total. The highest BCUT2D eigenvalue weighted by molar-refractivity contribution is 7.92. The summed E-state index contributed by atoms with van der Waals surface area (Å²) in [5, 5.41) is 7.60. The van der Waals surface area contributed by atoms with Gasteiger partial charge in [-0.05, 0) is 79.3 Å². The van der Waals surface area contributed by atoms with Crippen molar-refractivity contribution in [2.75, 3.05) is 47.4 Å². The molecule has 1 fully saturated rings. The van der Waals surface area contributed by atoms with Gasteiger partial charge in [0.15, 0.2) is 17.3 Å². The molecule has 0 saturated heterocycles. The van der Waals surface area contributed by atoms with Crippen molar-refractivity contribution in [2.45, 2.75) is 46.0 Å². The summed E-state index contributed by atoms with van der Waals surface area (Å²) in [5.74, 6) is 8.14. The Bertz CT molecular complexity index is 1760. The summed E-state index contributed by atoms with van der Waals surface area (Å²) in [6.07, 6.45) is 6.77. The number of methoxy groups -OCH3 is 2. The van der Waals surface area contributed by atoms with Crippen molar-refractivity contribution in [1.82, 2.24) is 4.98 Å². The third-order valence-electron chi connectivity index (χ3n) is 7.51. The molecule has 1 aromatic heterocycles. The number of pyridine rings is 1. The molecule has 5 N–H and O–H groups in total. The highest BCUT2D eigenvalue weighted by Crippen LogP contribution is 2.39. The van der Waals surface area contributed by atoms with Crippen molar-refractivity contribution in [1.29, 1.82) is 0 Å². The fourth-order valence-corrected chi connectivity index (χ4v) is 5.27. The SMILES string of the molecule is C=N/C(=C\N(N)c1cc(C(=O)Nc2cc(C(C)(C)C)cc(NS(C)(=O)=O)c2OC)ccc1C)c1cnc(NCC2CC2)c(OC)c1. The molecule has 0 spiro atoms. The zero-order valence-corrected chi connectivity index (χ0v) is 28.2. The summed E-state index contributed by atoms with van der Waals surface area (Å²) in [4.78, 5) is 22.3. The van der Waals surface area contributed by atoms with E-state index in [4.69, 9.17) is 15.3 Å². The number of nitrogens with zero attached hydrogens (tertiary/aromatic N) is 3. The molecule has 2 aromatic carbocycles. The Morgan fingerprint density at radius 2 is 1.83 bits per heavy atom. The van der Waals surface area contributed by atoms with Gasteiger partial charge in [-0.1, -0.05) is 26.8 Å². The number of hydrogen-bond acceptors (Lipinski definition) is 10. The molecule has 3 aromatic rings. The van der Waals surface area contributed by atoms with E-state index in [-0.39, 0.29) is 16.9 Å². The van der Waals surface area contributed by atoms with E-state index >= 15 is 0 Å². The van der Waals surface area contributed by atoms with Crippen LogP contribution in [0.2, 0.25) is 0 Å². The van der Waals surface area contributed by atoms with Gasteiger partial charge < -0.3 is 20.1 Å². The third kappa shape index (κ3) is 8.55. The molecule has 1 aliphatic rings. The zero-order valence-electron chi connectivity index (χ0n) is 27.4. The largest absolute Gasteiger partial charge is 0.493 e. The number of aromatic nitrogens is 1. The Hall–Kier alpha value is -4.62. The number of carbonyl (C=O) groups is 1. The number of anilines is 4. The Labute approximate surface area is 271 Å². The normalized spacial score (nSPS) is 13.5. The lowest BCUT2D eigenvalue weighted by Gasteiger charge is -2.24. The number of nitrogens with two attached hydrogens (primary N) is 1. The van der Waals surface area contributed by atoms with E-state index in [1.165, 1.54) is 25.0 Å². The van der Waals surface area contributed by atoms with Crippen LogP contribution >= 0.6 is 0 Å². The summed E-state index contributed by atoms with van der Waals surface area (Å²) in [6, 6.07) is 10.4. The van der Waals surface area contributed by atoms with Crippen LogP contribution in [-0.4, -0.2) is 53.0 Å². The predicted octanol–water partition coefficient (Wildman–Crippen LogP) is 5.53. The number of carbonyl (C=O) groups excluding carboxylic acids is 1. The van der Waals surface area contributed by atoms with E-state index in [0.29, 0.717) is 45.7 Å². The van der Waals surface area contributed by atoms with Crippen molar-refractivity contribution in [2.24, 2.45) is 16.8 Å². The van der Waals surface area contributed by atoms with Gasteiger partial charge in [-0.3, -0.25) is 19.5 Å². The van der Waals surface area contributed by atoms with Gasteiger partial charge in [-0.25, -0.2) is 19.2 Å². The van der Waals surface area contributed by atoms with Gasteiger partial charge in [-0.15, -0.1) is 0 Å². The molecule has 46 heavy (non-hydrogen) atoms. The first-order chi connectivity index (χ1) is 21.6. The van der Waals surface area contributed by atoms with E-state index in [0.717, 1.165) is 23.9 Å². The molecule has 1 heterocycles. The van der Waals surface area contributed by atoms with Crippen LogP contribution in [0.4, 0.5) is 22.9 Å². The van der Waals surface area contributed by atoms with E-state index < -0.39 is 15.9 Å². The van der Waals surface area contributed by atoms with Crippen LogP contribution in [-0.2, 0) is 15.4 Å². The van der Waals surface area contributed by atoms with Gasteiger partial charge in [0, 0.05) is 30.1 Å². The maximum atomic E-state index is 13.6. The fourth-order valence-electron chi connectivity index (χ4n) is 4.72. The monoisotopic (exact) mass is 649 g/mol. The molecule has 0 bridgehead atoms. The van der Waals surface area contributed by atoms with Gasteiger partial charge in [0.2, 0.25) is 10.0 Å². The average Bonchev–Trinajstić information content (AvgIpc) is 3.82. The van der Waals surface area contributed by atoms with Crippen molar-refractivity contribution < 1.29 is 22.7 Å². The molecule has 4 rings (SSSR count). The molecule has 1 saturated carbocycles. The van der Waals surface area contributed by atoms with Crippen LogP contribution in [0.3, 0.4) is 0 Å². The molecule has 1 aliphatic carbocycles. The Kier molecular flexibility index (Phi) is 10.3. The molecular formula is C33H43N7O5S. The summed E-state index contributed by atoms with van der Waals surface area (Å²) in [5.41, 5.74) is 3.74. The Morgan fingerprint density at radius 1 is 1.13 bits per heavy atom. The lowest BCUT2D eigenvalue weighted by Crippen LogP contribution is -2.26. The minimum atomic E-state index is -3.63. The number of amides is 1. The maximum Gasteiger partial charge on any atom is 0.255 e. The standard InChI is InChI=1S/C33H43N7O5S/c1-20-9-12-22(32(41)38-25-15-24(33(2,3)4)16-26(30(25)45-7)39-46(8,42)43)13-28(20)40(34)19-27(35-5)23-14-29(44-6)31(37-18-23)36-17-21-10-11-21/h9,12-16,18-19,21,39H,5,10-11,17,34H2,1-4,6-8H3,(H,36,37)(H,38,41)/b27-19-. The second kappa shape index (κ2) is 13.8.